The molecule has 0 bridgehead atoms. The topological polar surface area (TPSA) is 14.2 Å². The quantitative estimate of drug-likeness (QED) is 0.480. The molecule has 0 spiro atoms. The summed E-state index contributed by atoms with van der Waals surface area (Å²) in [6, 6.07) is 17.3. The van der Waals surface area contributed by atoms with E-state index in [-0.39, 0.29) is 0 Å². The fourth-order valence-electron chi connectivity index (χ4n) is 2.75. The number of benzene rings is 2. The summed E-state index contributed by atoms with van der Waals surface area (Å²) >= 11 is 1.90. The maximum Gasteiger partial charge on any atom is 0.107 e. The molecule has 3 rings (SSSR count). The zero-order chi connectivity index (χ0) is 15.2. The third kappa shape index (κ3) is 3.14. The van der Waals surface area contributed by atoms with Gasteiger partial charge in [0, 0.05) is 39.9 Å². The molecule has 0 fully saturated rings. The number of aryl methyl sites for hydroxylation is 1. The number of para-hydroxylation sites is 2. The zero-order valence-corrected chi connectivity index (χ0v) is 13.3. The SMILES string of the molecule is C#CCOCCSCCn1c2ccccc2c2ccccc21. The van der Waals surface area contributed by atoms with Crippen LogP contribution in [0.3, 0.4) is 0 Å². The Morgan fingerprint density at radius 1 is 0.955 bits per heavy atom. The first-order valence-corrected chi connectivity index (χ1v) is 8.62. The number of nitrogens with zero attached hydrogens (tertiary/aromatic N) is 1. The molecule has 0 unspecified atom stereocenters. The van der Waals surface area contributed by atoms with Crippen molar-refractivity contribution in [2.45, 2.75) is 6.54 Å². The van der Waals surface area contributed by atoms with E-state index in [0.29, 0.717) is 6.61 Å². The second kappa shape index (κ2) is 7.40. The highest BCUT2D eigenvalue weighted by Crippen LogP contribution is 2.28. The fourth-order valence-corrected chi connectivity index (χ4v) is 3.50. The Labute approximate surface area is 135 Å². The van der Waals surface area contributed by atoms with Gasteiger partial charge in [-0.3, -0.25) is 0 Å². The molecule has 0 radical (unpaired) electrons. The number of thioether (sulfide) groups is 1. The third-order valence-electron chi connectivity index (χ3n) is 3.70. The Morgan fingerprint density at radius 3 is 2.23 bits per heavy atom. The predicted octanol–water partition coefficient (Wildman–Crippen LogP) is 4.18. The highest BCUT2D eigenvalue weighted by Gasteiger charge is 2.08. The minimum absolute atomic E-state index is 0.410. The third-order valence-corrected chi connectivity index (χ3v) is 4.62. The van der Waals surface area contributed by atoms with Crippen molar-refractivity contribution in [3.8, 4) is 12.3 Å². The number of terminal acetylenes is 1. The van der Waals surface area contributed by atoms with Crippen molar-refractivity contribution >= 4 is 33.6 Å². The van der Waals surface area contributed by atoms with Crippen molar-refractivity contribution in [3.05, 3.63) is 48.5 Å². The molecule has 0 aliphatic heterocycles. The van der Waals surface area contributed by atoms with Crippen molar-refractivity contribution in [1.29, 1.82) is 0 Å². The normalized spacial score (nSPS) is 11.0. The number of hydrogen-bond acceptors (Lipinski definition) is 2. The number of fused-ring (bicyclic) bond motifs is 3. The largest absolute Gasteiger partial charge is 0.368 e. The van der Waals surface area contributed by atoms with Crippen LogP contribution in [0.4, 0.5) is 0 Å². The van der Waals surface area contributed by atoms with Gasteiger partial charge in [-0.1, -0.05) is 42.3 Å². The van der Waals surface area contributed by atoms with Crippen LogP contribution >= 0.6 is 11.8 Å². The highest BCUT2D eigenvalue weighted by atomic mass is 32.2. The van der Waals surface area contributed by atoms with Crippen LogP contribution in [0.5, 0.6) is 0 Å². The van der Waals surface area contributed by atoms with Gasteiger partial charge in [-0.2, -0.15) is 11.8 Å². The highest BCUT2D eigenvalue weighted by molar-refractivity contribution is 7.99. The molecule has 0 aliphatic carbocycles. The predicted molar refractivity (Wildman–Crippen MR) is 96.4 cm³/mol. The van der Waals surface area contributed by atoms with Crippen molar-refractivity contribution in [3.63, 3.8) is 0 Å². The average Bonchev–Trinajstić information content (AvgIpc) is 2.89. The first kappa shape index (κ1) is 15.0. The number of ether oxygens (including phenoxy) is 1. The first-order chi connectivity index (χ1) is 10.9. The number of aromatic nitrogens is 1. The van der Waals surface area contributed by atoms with E-state index in [2.05, 4.69) is 59.0 Å². The van der Waals surface area contributed by atoms with Crippen molar-refractivity contribution in [2.75, 3.05) is 24.7 Å². The summed E-state index contributed by atoms with van der Waals surface area (Å²) in [7, 11) is 0. The fraction of sp³-hybridized carbons (Fsp3) is 0.263. The van der Waals surface area contributed by atoms with Crippen LogP contribution in [0.25, 0.3) is 21.8 Å². The standard InChI is InChI=1S/C19H19NOS/c1-2-12-21-13-15-22-14-11-20-18-9-5-3-7-16(18)17-8-4-6-10-19(17)20/h1,3-10H,11-15H2. The van der Waals surface area contributed by atoms with Crippen LogP contribution in [-0.2, 0) is 11.3 Å². The summed E-state index contributed by atoms with van der Waals surface area (Å²) in [6.45, 7) is 2.14. The van der Waals surface area contributed by atoms with Gasteiger partial charge < -0.3 is 9.30 Å². The molecule has 0 atom stereocenters. The van der Waals surface area contributed by atoms with E-state index in [0.717, 1.165) is 24.7 Å². The van der Waals surface area contributed by atoms with E-state index in [4.69, 9.17) is 11.2 Å². The molecule has 1 aromatic heterocycles. The minimum Gasteiger partial charge on any atom is -0.368 e. The summed E-state index contributed by atoms with van der Waals surface area (Å²) in [5.41, 5.74) is 2.63. The molecule has 0 saturated carbocycles. The van der Waals surface area contributed by atoms with E-state index >= 15 is 0 Å². The van der Waals surface area contributed by atoms with E-state index in [1.54, 1.807) is 0 Å². The monoisotopic (exact) mass is 309 g/mol. The molecule has 0 N–H and O–H groups in total. The van der Waals surface area contributed by atoms with E-state index < -0.39 is 0 Å². The van der Waals surface area contributed by atoms with Gasteiger partial charge in [0.15, 0.2) is 0 Å². The van der Waals surface area contributed by atoms with E-state index in [1.165, 1.54) is 21.8 Å². The van der Waals surface area contributed by atoms with Gasteiger partial charge in [0.25, 0.3) is 0 Å². The Bertz CT molecular complexity index is 747. The second-order valence-electron chi connectivity index (χ2n) is 5.06. The summed E-state index contributed by atoms with van der Waals surface area (Å²) in [5, 5.41) is 2.67. The van der Waals surface area contributed by atoms with Crippen molar-refractivity contribution in [2.24, 2.45) is 0 Å². The van der Waals surface area contributed by atoms with E-state index in [9.17, 15) is 0 Å². The molecule has 3 heteroatoms. The maximum absolute atomic E-state index is 5.30. The maximum atomic E-state index is 5.30. The Kier molecular flexibility index (Phi) is 5.05. The average molecular weight is 309 g/mol. The smallest absolute Gasteiger partial charge is 0.107 e. The van der Waals surface area contributed by atoms with Crippen molar-refractivity contribution in [1.82, 2.24) is 4.57 Å². The lowest BCUT2D eigenvalue weighted by molar-refractivity contribution is 0.185. The van der Waals surface area contributed by atoms with Crippen LogP contribution in [0.2, 0.25) is 0 Å². The molecule has 0 aliphatic rings. The van der Waals surface area contributed by atoms with Gasteiger partial charge in [0.2, 0.25) is 0 Å². The van der Waals surface area contributed by atoms with Crippen molar-refractivity contribution < 1.29 is 4.74 Å². The molecular formula is C19H19NOS. The molecule has 1 heterocycles. The molecule has 22 heavy (non-hydrogen) atoms. The van der Waals surface area contributed by atoms with E-state index in [1.807, 2.05) is 11.8 Å². The van der Waals surface area contributed by atoms with Gasteiger partial charge in [-0.15, -0.1) is 6.42 Å². The molecule has 112 valence electrons. The lowest BCUT2D eigenvalue weighted by Gasteiger charge is -2.07. The Balaban J connectivity index is 1.71. The lowest BCUT2D eigenvalue weighted by atomic mass is 10.2. The van der Waals surface area contributed by atoms with Crippen LogP contribution < -0.4 is 0 Å². The summed E-state index contributed by atoms with van der Waals surface area (Å²) in [5.74, 6) is 4.54. The van der Waals surface area contributed by atoms with Gasteiger partial charge >= 0.3 is 0 Å². The molecular weight excluding hydrogens is 290 g/mol. The molecule has 2 aromatic carbocycles. The zero-order valence-electron chi connectivity index (χ0n) is 12.5. The Hall–Kier alpha value is -1.89. The number of rotatable bonds is 7. The van der Waals surface area contributed by atoms with Gasteiger partial charge in [0.05, 0.1) is 6.61 Å². The van der Waals surface area contributed by atoms with Crippen LogP contribution in [0.15, 0.2) is 48.5 Å². The van der Waals surface area contributed by atoms with Crippen LogP contribution in [0, 0.1) is 12.3 Å². The lowest BCUT2D eigenvalue weighted by Crippen LogP contribution is -2.03. The Morgan fingerprint density at radius 2 is 1.59 bits per heavy atom. The number of hydrogen-bond donors (Lipinski definition) is 0. The van der Waals surface area contributed by atoms with Gasteiger partial charge in [-0.25, -0.2) is 0 Å². The van der Waals surface area contributed by atoms with Crippen LogP contribution in [-0.4, -0.2) is 29.3 Å². The van der Waals surface area contributed by atoms with Gasteiger partial charge in [0.1, 0.15) is 6.61 Å². The summed E-state index contributed by atoms with van der Waals surface area (Å²) < 4.78 is 7.71. The molecule has 0 amide bonds. The van der Waals surface area contributed by atoms with Crippen LogP contribution in [0.1, 0.15) is 0 Å². The molecule has 0 saturated heterocycles. The first-order valence-electron chi connectivity index (χ1n) is 7.47. The van der Waals surface area contributed by atoms with Gasteiger partial charge in [-0.05, 0) is 12.1 Å². The molecule has 3 aromatic rings. The second-order valence-corrected chi connectivity index (χ2v) is 6.28. The molecule has 2 nitrogen and oxygen atoms in total. The minimum atomic E-state index is 0.410. The summed E-state index contributed by atoms with van der Waals surface area (Å²) in [6.07, 6.45) is 5.15. The summed E-state index contributed by atoms with van der Waals surface area (Å²) in [4.78, 5) is 0.